The van der Waals surface area contributed by atoms with Gasteiger partial charge in [0.05, 0.1) is 18.7 Å². The lowest BCUT2D eigenvalue weighted by molar-refractivity contribution is -0.120. The maximum absolute atomic E-state index is 11.7. The molecular formula is C16H23Cl2N3O2S. The second-order valence-electron chi connectivity index (χ2n) is 4.77. The van der Waals surface area contributed by atoms with Crippen LogP contribution in [0.15, 0.2) is 29.6 Å². The van der Waals surface area contributed by atoms with Crippen molar-refractivity contribution in [3.8, 4) is 16.3 Å². The van der Waals surface area contributed by atoms with Crippen molar-refractivity contribution in [1.82, 2.24) is 10.3 Å². The van der Waals surface area contributed by atoms with Gasteiger partial charge >= 0.3 is 0 Å². The van der Waals surface area contributed by atoms with Crippen LogP contribution in [0.4, 0.5) is 0 Å². The number of hydrogen-bond acceptors (Lipinski definition) is 5. The third kappa shape index (κ3) is 7.05. The van der Waals surface area contributed by atoms with Gasteiger partial charge < -0.3 is 15.8 Å². The SMILES string of the molecule is CCOc1ccc(-c2nc(CC(=O)NCCCN)cs2)cc1.Cl.Cl. The number of benzene rings is 1. The Labute approximate surface area is 158 Å². The van der Waals surface area contributed by atoms with Crippen LogP contribution >= 0.6 is 36.2 Å². The number of halogens is 2. The number of ether oxygens (including phenoxy) is 1. The lowest BCUT2D eigenvalue weighted by atomic mass is 10.2. The molecule has 0 aliphatic heterocycles. The van der Waals surface area contributed by atoms with Crippen molar-refractivity contribution in [3.63, 3.8) is 0 Å². The van der Waals surface area contributed by atoms with Crippen LogP contribution in [0.25, 0.3) is 10.6 Å². The van der Waals surface area contributed by atoms with Gasteiger partial charge in [-0.25, -0.2) is 4.98 Å². The first-order valence-electron chi connectivity index (χ1n) is 7.37. The number of nitrogens with two attached hydrogens (primary N) is 1. The predicted octanol–water partition coefficient (Wildman–Crippen LogP) is 3.06. The van der Waals surface area contributed by atoms with Crippen molar-refractivity contribution in [1.29, 1.82) is 0 Å². The van der Waals surface area contributed by atoms with Crippen molar-refractivity contribution >= 4 is 42.1 Å². The van der Waals surface area contributed by atoms with Gasteiger partial charge in [-0.1, -0.05) is 0 Å². The summed E-state index contributed by atoms with van der Waals surface area (Å²) in [5.41, 5.74) is 7.22. The van der Waals surface area contributed by atoms with Crippen LogP contribution in [0.3, 0.4) is 0 Å². The first-order chi connectivity index (χ1) is 10.7. The molecule has 0 radical (unpaired) electrons. The number of carbonyl (C=O) groups is 1. The summed E-state index contributed by atoms with van der Waals surface area (Å²) in [5.74, 6) is 0.833. The van der Waals surface area contributed by atoms with E-state index in [1.807, 2.05) is 36.6 Å². The summed E-state index contributed by atoms with van der Waals surface area (Å²) in [5, 5.41) is 5.67. The molecule has 0 aliphatic carbocycles. The Morgan fingerprint density at radius 3 is 2.62 bits per heavy atom. The van der Waals surface area contributed by atoms with E-state index >= 15 is 0 Å². The zero-order valence-corrected chi connectivity index (χ0v) is 15.9. The number of hydrogen-bond donors (Lipinski definition) is 2. The standard InChI is InChI=1S/C16H21N3O2S.2ClH/c1-2-21-14-6-4-12(5-7-14)16-19-13(11-22-16)10-15(20)18-9-3-8-17;;/h4-7,11H,2-3,8-10,17H2,1H3,(H,18,20);2*1H. The van der Waals surface area contributed by atoms with Crippen molar-refractivity contribution in [2.24, 2.45) is 5.73 Å². The Hall–Kier alpha value is -1.34. The molecule has 1 aromatic carbocycles. The molecule has 0 atom stereocenters. The van der Waals surface area contributed by atoms with Gasteiger partial charge in [0.25, 0.3) is 0 Å². The monoisotopic (exact) mass is 391 g/mol. The van der Waals surface area contributed by atoms with E-state index in [-0.39, 0.29) is 30.7 Å². The Morgan fingerprint density at radius 1 is 1.29 bits per heavy atom. The van der Waals surface area contributed by atoms with E-state index in [0.717, 1.165) is 28.4 Å². The first-order valence-corrected chi connectivity index (χ1v) is 8.25. The Morgan fingerprint density at radius 2 is 2.00 bits per heavy atom. The molecule has 0 unspecified atom stereocenters. The Bertz CT molecular complexity index is 606. The minimum atomic E-state index is -0.0167. The summed E-state index contributed by atoms with van der Waals surface area (Å²) in [6.07, 6.45) is 1.10. The number of aromatic nitrogens is 1. The molecule has 0 saturated heterocycles. The van der Waals surface area contributed by atoms with Crippen molar-refractivity contribution in [3.05, 3.63) is 35.3 Å². The van der Waals surface area contributed by atoms with E-state index in [1.165, 1.54) is 0 Å². The highest BCUT2D eigenvalue weighted by Gasteiger charge is 2.09. The first kappa shape index (κ1) is 22.7. The topological polar surface area (TPSA) is 77.2 Å². The maximum Gasteiger partial charge on any atom is 0.226 e. The van der Waals surface area contributed by atoms with Crippen LogP contribution in [0.5, 0.6) is 5.75 Å². The third-order valence-corrected chi connectivity index (χ3v) is 3.95. The number of thiazole rings is 1. The van der Waals surface area contributed by atoms with Gasteiger partial charge in [-0.2, -0.15) is 0 Å². The second-order valence-corrected chi connectivity index (χ2v) is 5.63. The molecule has 2 aromatic rings. The predicted molar refractivity (Wildman–Crippen MR) is 104 cm³/mol. The molecule has 24 heavy (non-hydrogen) atoms. The van der Waals surface area contributed by atoms with E-state index in [9.17, 15) is 4.79 Å². The average Bonchev–Trinajstić information content (AvgIpc) is 2.97. The van der Waals surface area contributed by atoms with Gasteiger partial charge in [0, 0.05) is 17.5 Å². The average molecular weight is 392 g/mol. The largest absolute Gasteiger partial charge is 0.494 e. The fourth-order valence-electron chi connectivity index (χ4n) is 1.94. The molecule has 0 aliphatic rings. The van der Waals surface area contributed by atoms with E-state index in [0.29, 0.717) is 26.1 Å². The quantitative estimate of drug-likeness (QED) is 0.677. The summed E-state index contributed by atoms with van der Waals surface area (Å²) in [7, 11) is 0. The molecule has 1 heterocycles. The zero-order valence-electron chi connectivity index (χ0n) is 13.5. The van der Waals surface area contributed by atoms with Crippen molar-refractivity contribution < 1.29 is 9.53 Å². The molecule has 3 N–H and O–H groups in total. The normalized spacial score (nSPS) is 9.58. The molecule has 2 rings (SSSR count). The smallest absolute Gasteiger partial charge is 0.226 e. The molecule has 5 nitrogen and oxygen atoms in total. The Balaban J connectivity index is 0.00000264. The maximum atomic E-state index is 11.7. The van der Waals surface area contributed by atoms with Crippen LogP contribution in [0.2, 0.25) is 0 Å². The van der Waals surface area contributed by atoms with Crippen molar-refractivity contribution in [2.45, 2.75) is 19.8 Å². The molecule has 0 bridgehead atoms. The number of carbonyl (C=O) groups excluding carboxylic acids is 1. The molecule has 1 amide bonds. The molecular weight excluding hydrogens is 369 g/mol. The summed E-state index contributed by atoms with van der Waals surface area (Å²) >= 11 is 1.54. The highest BCUT2D eigenvalue weighted by Crippen LogP contribution is 2.25. The summed E-state index contributed by atoms with van der Waals surface area (Å²) in [4.78, 5) is 16.3. The molecule has 1 aromatic heterocycles. The van der Waals surface area contributed by atoms with E-state index in [4.69, 9.17) is 10.5 Å². The highest BCUT2D eigenvalue weighted by atomic mass is 35.5. The fourth-order valence-corrected chi connectivity index (χ4v) is 2.76. The summed E-state index contributed by atoms with van der Waals surface area (Å²) in [6.45, 7) is 3.81. The molecule has 0 spiro atoms. The lowest BCUT2D eigenvalue weighted by Crippen LogP contribution is -2.27. The van der Waals surface area contributed by atoms with Crippen LogP contribution in [0.1, 0.15) is 19.0 Å². The minimum absolute atomic E-state index is 0. The van der Waals surface area contributed by atoms with Crippen LogP contribution in [0, 0.1) is 0 Å². The number of nitrogens with zero attached hydrogens (tertiary/aromatic N) is 1. The van der Waals surface area contributed by atoms with Gasteiger partial charge in [0.2, 0.25) is 5.91 Å². The minimum Gasteiger partial charge on any atom is -0.494 e. The summed E-state index contributed by atoms with van der Waals surface area (Å²) in [6, 6.07) is 7.82. The van der Waals surface area contributed by atoms with E-state index in [2.05, 4.69) is 10.3 Å². The third-order valence-electron chi connectivity index (χ3n) is 3.01. The van der Waals surface area contributed by atoms with Gasteiger partial charge in [-0.05, 0) is 44.2 Å². The van der Waals surface area contributed by atoms with Crippen LogP contribution in [-0.2, 0) is 11.2 Å². The zero-order chi connectivity index (χ0) is 15.8. The molecule has 134 valence electrons. The lowest BCUT2D eigenvalue weighted by Gasteiger charge is -2.03. The van der Waals surface area contributed by atoms with Gasteiger partial charge in [-0.3, -0.25) is 4.79 Å². The van der Waals surface area contributed by atoms with Crippen molar-refractivity contribution in [2.75, 3.05) is 19.7 Å². The van der Waals surface area contributed by atoms with Gasteiger partial charge in [0.15, 0.2) is 0 Å². The molecule has 8 heteroatoms. The summed E-state index contributed by atoms with van der Waals surface area (Å²) < 4.78 is 5.42. The van der Waals surface area contributed by atoms with Gasteiger partial charge in [-0.15, -0.1) is 36.2 Å². The molecule has 0 saturated carbocycles. The van der Waals surface area contributed by atoms with Gasteiger partial charge in [0.1, 0.15) is 10.8 Å². The van der Waals surface area contributed by atoms with E-state index in [1.54, 1.807) is 11.3 Å². The second kappa shape index (κ2) is 12.1. The number of amides is 1. The Kier molecular flexibility index (Phi) is 11.4. The number of nitrogens with one attached hydrogen (secondary N) is 1. The van der Waals surface area contributed by atoms with Crippen LogP contribution in [-0.4, -0.2) is 30.6 Å². The van der Waals surface area contributed by atoms with Crippen LogP contribution < -0.4 is 15.8 Å². The highest BCUT2D eigenvalue weighted by molar-refractivity contribution is 7.13. The fraction of sp³-hybridized carbons (Fsp3) is 0.375. The molecule has 0 fully saturated rings. The number of rotatable bonds is 8. The van der Waals surface area contributed by atoms with E-state index < -0.39 is 0 Å².